The molecule has 0 spiro atoms. The van der Waals surface area contributed by atoms with E-state index in [0.29, 0.717) is 32.6 Å². The number of aryl methyl sites for hydroxylation is 1. The van der Waals surface area contributed by atoms with Gasteiger partial charge in [-0.25, -0.2) is 4.68 Å². The highest BCUT2D eigenvalue weighted by Crippen LogP contribution is 2.52. The van der Waals surface area contributed by atoms with Crippen molar-refractivity contribution in [2.45, 2.75) is 19.1 Å². The highest BCUT2D eigenvalue weighted by atomic mass is 35.5. The molecule has 35 heavy (non-hydrogen) atoms. The minimum absolute atomic E-state index is 0.397. The Bertz CT molecular complexity index is 1500. The van der Waals surface area contributed by atoms with Crippen LogP contribution in [0.1, 0.15) is 34.7 Å². The van der Waals surface area contributed by atoms with E-state index in [2.05, 4.69) is 10.3 Å². The molecule has 2 atom stereocenters. The summed E-state index contributed by atoms with van der Waals surface area (Å²) < 4.78 is 13.8. The van der Waals surface area contributed by atoms with Crippen molar-refractivity contribution in [1.29, 1.82) is 0 Å². The quantitative estimate of drug-likeness (QED) is 0.309. The highest BCUT2D eigenvalue weighted by Gasteiger charge is 2.42. The van der Waals surface area contributed by atoms with Crippen LogP contribution >= 0.6 is 34.8 Å². The second-order valence-electron chi connectivity index (χ2n) is 8.36. The van der Waals surface area contributed by atoms with E-state index in [1.807, 2.05) is 66.2 Å². The molecule has 0 radical (unpaired) electrons. The summed E-state index contributed by atoms with van der Waals surface area (Å²) in [4.78, 5) is 4.63. The van der Waals surface area contributed by atoms with Crippen molar-refractivity contribution in [3.05, 3.63) is 104 Å². The maximum Gasteiger partial charge on any atom is 0.226 e. The number of nitrogens with zero attached hydrogens (tertiary/aromatic N) is 3. The molecule has 2 aliphatic rings. The van der Waals surface area contributed by atoms with Crippen molar-refractivity contribution >= 4 is 46.4 Å². The van der Waals surface area contributed by atoms with Crippen LogP contribution in [0.5, 0.6) is 11.5 Å². The zero-order valence-corrected chi connectivity index (χ0v) is 21.0. The fourth-order valence-corrected chi connectivity index (χ4v) is 5.37. The van der Waals surface area contributed by atoms with Crippen molar-refractivity contribution < 1.29 is 9.47 Å². The zero-order valence-electron chi connectivity index (χ0n) is 18.7. The first kappa shape index (κ1) is 22.3. The Hall–Kier alpha value is -3.19. The molecule has 6 rings (SSSR count). The summed E-state index contributed by atoms with van der Waals surface area (Å²) in [6.45, 7) is 1.86. The Morgan fingerprint density at radius 2 is 1.71 bits per heavy atom. The van der Waals surface area contributed by atoms with Gasteiger partial charge in [0, 0.05) is 26.2 Å². The largest absolute Gasteiger partial charge is 0.497 e. The van der Waals surface area contributed by atoms with Gasteiger partial charge in [-0.2, -0.15) is 10.1 Å². The molecule has 1 aromatic heterocycles. The molecule has 3 heterocycles. The van der Waals surface area contributed by atoms with Crippen LogP contribution in [0.3, 0.4) is 0 Å². The maximum atomic E-state index is 6.76. The first-order chi connectivity index (χ1) is 16.9. The standard InChI is InChI=1S/C26H19Cl3N4O2/c1-13-30-26-31-23-19-11-15(27)6-10-21(19)35-25(14-3-7-17(34-2)8-4-14)22(23)24(33(26)32-13)18-9-5-16(28)12-20(18)29/h3-12,24-25H,1-2H3,(H,30,31,32). The number of fused-ring (bicyclic) bond motifs is 3. The van der Waals surface area contributed by atoms with Gasteiger partial charge in [0.1, 0.15) is 29.5 Å². The van der Waals surface area contributed by atoms with Crippen molar-refractivity contribution in [1.82, 2.24) is 14.8 Å². The summed E-state index contributed by atoms with van der Waals surface area (Å²) in [6.07, 6.45) is -0.438. The average Bonchev–Trinajstić information content (AvgIpc) is 3.22. The predicted octanol–water partition coefficient (Wildman–Crippen LogP) is 7.12. The Kier molecular flexibility index (Phi) is 5.40. The minimum atomic E-state index is -0.438. The summed E-state index contributed by atoms with van der Waals surface area (Å²) in [5, 5.41) is 9.89. The molecule has 0 aliphatic carbocycles. The molecule has 0 fully saturated rings. The van der Waals surface area contributed by atoms with Crippen LogP contribution in [0.4, 0.5) is 5.95 Å². The Morgan fingerprint density at radius 3 is 2.46 bits per heavy atom. The van der Waals surface area contributed by atoms with Gasteiger partial charge in [-0.05, 0) is 60.5 Å². The third kappa shape index (κ3) is 3.73. The van der Waals surface area contributed by atoms with E-state index in [4.69, 9.17) is 49.4 Å². The molecule has 0 saturated heterocycles. The summed E-state index contributed by atoms with van der Waals surface area (Å²) in [6, 6.07) is 18.5. The van der Waals surface area contributed by atoms with Crippen molar-refractivity contribution in [2.24, 2.45) is 0 Å². The maximum absolute atomic E-state index is 6.76. The van der Waals surface area contributed by atoms with E-state index in [0.717, 1.165) is 33.7 Å². The van der Waals surface area contributed by atoms with E-state index in [9.17, 15) is 0 Å². The molecule has 0 bridgehead atoms. The fraction of sp³-hybridized carbons (Fsp3) is 0.154. The van der Waals surface area contributed by atoms with Gasteiger partial charge < -0.3 is 14.8 Å². The van der Waals surface area contributed by atoms with Crippen molar-refractivity contribution in [3.8, 4) is 11.5 Å². The van der Waals surface area contributed by atoms with Crippen LogP contribution in [0.15, 0.2) is 66.2 Å². The Morgan fingerprint density at radius 1 is 0.971 bits per heavy atom. The molecular formula is C26H19Cl3N4O2. The molecule has 6 nitrogen and oxygen atoms in total. The summed E-state index contributed by atoms with van der Waals surface area (Å²) in [5.41, 5.74) is 4.44. The number of ether oxygens (including phenoxy) is 2. The second-order valence-corrected chi connectivity index (χ2v) is 9.64. The first-order valence-electron chi connectivity index (χ1n) is 10.9. The number of hydrogen-bond donors (Lipinski definition) is 1. The third-order valence-corrected chi connectivity index (χ3v) is 7.01. The molecule has 2 unspecified atom stereocenters. The SMILES string of the molecule is COc1ccc(C2Oc3ccc(Cl)cc3C3=C2C(c2ccc(Cl)cc2Cl)n2nc(C)nc2N3)cc1. The Labute approximate surface area is 217 Å². The van der Waals surface area contributed by atoms with Crippen LogP contribution in [-0.4, -0.2) is 21.9 Å². The number of nitrogens with one attached hydrogen (secondary N) is 1. The van der Waals surface area contributed by atoms with Gasteiger partial charge in [0.25, 0.3) is 0 Å². The number of halogens is 3. The Balaban J connectivity index is 1.64. The van der Waals surface area contributed by atoms with Gasteiger partial charge in [0.05, 0.1) is 12.8 Å². The topological polar surface area (TPSA) is 61.2 Å². The number of aromatic nitrogens is 3. The molecule has 3 aromatic carbocycles. The van der Waals surface area contributed by atoms with Crippen LogP contribution in [0.25, 0.3) is 5.70 Å². The lowest BCUT2D eigenvalue weighted by atomic mass is 9.84. The van der Waals surface area contributed by atoms with E-state index in [1.54, 1.807) is 13.2 Å². The average molecular weight is 526 g/mol. The lowest BCUT2D eigenvalue weighted by Gasteiger charge is -2.39. The molecule has 1 N–H and O–H groups in total. The fourth-order valence-electron chi connectivity index (χ4n) is 4.68. The summed E-state index contributed by atoms with van der Waals surface area (Å²) in [5.74, 6) is 2.72. The lowest BCUT2D eigenvalue weighted by Crippen LogP contribution is -2.32. The van der Waals surface area contributed by atoms with Gasteiger partial charge in [0.15, 0.2) is 0 Å². The van der Waals surface area contributed by atoms with Crippen molar-refractivity contribution in [2.75, 3.05) is 12.4 Å². The van der Waals surface area contributed by atoms with E-state index in [1.165, 1.54) is 0 Å². The molecule has 176 valence electrons. The van der Waals surface area contributed by atoms with E-state index >= 15 is 0 Å². The number of benzene rings is 3. The highest BCUT2D eigenvalue weighted by molar-refractivity contribution is 6.35. The van der Waals surface area contributed by atoms with Crippen LogP contribution in [0, 0.1) is 6.92 Å². The molecule has 0 amide bonds. The monoisotopic (exact) mass is 524 g/mol. The van der Waals surface area contributed by atoms with Crippen LogP contribution < -0.4 is 14.8 Å². The normalized spacial score (nSPS) is 18.2. The molecule has 4 aromatic rings. The minimum Gasteiger partial charge on any atom is -0.497 e. The summed E-state index contributed by atoms with van der Waals surface area (Å²) in [7, 11) is 1.64. The second kappa shape index (κ2) is 8.48. The van der Waals surface area contributed by atoms with Crippen LogP contribution in [-0.2, 0) is 0 Å². The number of rotatable bonds is 3. The van der Waals surface area contributed by atoms with Gasteiger partial charge in [-0.3, -0.25) is 0 Å². The first-order valence-corrected chi connectivity index (χ1v) is 12.1. The van der Waals surface area contributed by atoms with Crippen molar-refractivity contribution in [3.63, 3.8) is 0 Å². The van der Waals surface area contributed by atoms with Gasteiger partial charge >= 0.3 is 0 Å². The summed E-state index contributed by atoms with van der Waals surface area (Å²) >= 11 is 19.4. The molecule has 2 aliphatic heterocycles. The predicted molar refractivity (Wildman–Crippen MR) is 138 cm³/mol. The molecule has 0 saturated carbocycles. The lowest BCUT2D eigenvalue weighted by molar-refractivity contribution is 0.223. The molecule has 9 heteroatoms. The molecular weight excluding hydrogens is 507 g/mol. The third-order valence-electron chi connectivity index (χ3n) is 6.22. The van der Waals surface area contributed by atoms with Gasteiger partial charge in [-0.15, -0.1) is 0 Å². The number of hydrogen-bond acceptors (Lipinski definition) is 5. The van der Waals surface area contributed by atoms with Gasteiger partial charge in [0.2, 0.25) is 5.95 Å². The van der Waals surface area contributed by atoms with Gasteiger partial charge in [-0.1, -0.05) is 53.0 Å². The van der Waals surface area contributed by atoms with E-state index in [-0.39, 0.29) is 0 Å². The number of methoxy groups -OCH3 is 1. The smallest absolute Gasteiger partial charge is 0.226 e. The zero-order chi connectivity index (χ0) is 24.3. The van der Waals surface area contributed by atoms with Crippen LogP contribution in [0.2, 0.25) is 15.1 Å². The van der Waals surface area contributed by atoms with E-state index < -0.39 is 12.1 Å². The number of anilines is 1.